The lowest BCUT2D eigenvalue weighted by molar-refractivity contribution is -0.136. The van der Waals surface area contributed by atoms with Crippen LogP contribution in [0.2, 0.25) is 0 Å². The van der Waals surface area contributed by atoms with Crippen molar-refractivity contribution >= 4 is 11.9 Å². The molecule has 1 fully saturated rings. The number of hydrogen-bond donors (Lipinski definition) is 0. The van der Waals surface area contributed by atoms with Crippen molar-refractivity contribution < 1.29 is 14.3 Å². The van der Waals surface area contributed by atoms with E-state index in [1.807, 2.05) is 18.2 Å². The monoisotopic (exact) mass is 354 g/mol. The normalized spacial score (nSPS) is 14.9. The second-order valence-electron chi connectivity index (χ2n) is 6.26. The Morgan fingerprint density at radius 1 is 1.04 bits per heavy atom. The first-order valence-electron chi connectivity index (χ1n) is 8.61. The fraction of sp³-hybridized carbons (Fsp3) is 0.368. The summed E-state index contributed by atoms with van der Waals surface area (Å²) in [6, 6.07) is 10.3. The molecule has 0 aliphatic carbocycles. The van der Waals surface area contributed by atoms with Gasteiger partial charge < -0.3 is 9.64 Å². The Morgan fingerprint density at radius 2 is 1.77 bits per heavy atom. The summed E-state index contributed by atoms with van der Waals surface area (Å²) >= 11 is 0. The van der Waals surface area contributed by atoms with E-state index < -0.39 is 5.97 Å². The SMILES string of the molecule is Cc1cnc(C(=O)OCC(=O)N2CCN(Cc3ccccc3)CC2)cn1. The number of carbonyl (C=O) groups excluding carboxylic acids is 2. The van der Waals surface area contributed by atoms with E-state index in [-0.39, 0.29) is 18.2 Å². The lowest BCUT2D eigenvalue weighted by Crippen LogP contribution is -2.49. The Morgan fingerprint density at radius 3 is 2.42 bits per heavy atom. The minimum Gasteiger partial charge on any atom is -0.451 e. The lowest BCUT2D eigenvalue weighted by atomic mass is 10.2. The highest BCUT2D eigenvalue weighted by atomic mass is 16.5. The largest absolute Gasteiger partial charge is 0.451 e. The number of esters is 1. The molecule has 0 saturated carbocycles. The Balaban J connectivity index is 1.42. The molecule has 7 heteroatoms. The highest BCUT2D eigenvalue weighted by molar-refractivity contribution is 5.89. The summed E-state index contributed by atoms with van der Waals surface area (Å²) in [4.78, 5) is 36.1. The van der Waals surface area contributed by atoms with Crippen LogP contribution in [-0.2, 0) is 16.1 Å². The fourth-order valence-corrected chi connectivity index (χ4v) is 2.79. The number of carbonyl (C=O) groups is 2. The first-order chi connectivity index (χ1) is 12.6. The molecule has 1 amide bonds. The van der Waals surface area contributed by atoms with Gasteiger partial charge in [0.15, 0.2) is 12.3 Å². The molecule has 136 valence electrons. The molecule has 26 heavy (non-hydrogen) atoms. The third-order valence-corrected chi connectivity index (χ3v) is 4.29. The first kappa shape index (κ1) is 18.0. The van der Waals surface area contributed by atoms with Gasteiger partial charge in [0.25, 0.3) is 5.91 Å². The molecule has 0 spiro atoms. The van der Waals surface area contributed by atoms with Gasteiger partial charge in [0.05, 0.1) is 11.9 Å². The van der Waals surface area contributed by atoms with Gasteiger partial charge in [-0.3, -0.25) is 14.7 Å². The molecular weight excluding hydrogens is 332 g/mol. The lowest BCUT2D eigenvalue weighted by Gasteiger charge is -2.34. The highest BCUT2D eigenvalue weighted by Gasteiger charge is 2.22. The number of aromatic nitrogens is 2. The molecule has 1 aromatic carbocycles. The van der Waals surface area contributed by atoms with Crippen LogP contribution < -0.4 is 0 Å². The Hall–Kier alpha value is -2.80. The van der Waals surface area contributed by atoms with Crippen LogP contribution in [0.1, 0.15) is 21.7 Å². The quantitative estimate of drug-likeness (QED) is 0.753. The van der Waals surface area contributed by atoms with E-state index in [1.165, 1.54) is 18.0 Å². The van der Waals surface area contributed by atoms with Gasteiger partial charge >= 0.3 is 5.97 Å². The van der Waals surface area contributed by atoms with Crippen molar-refractivity contribution in [1.82, 2.24) is 19.8 Å². The summed E-state index contributed by atoms with van der Waals surface area (Å²) < 4.78 is 5.06. The van der Waals surface area contributed by atoms with Crippen LogP contribution in [0, 0.1) is 6.92 Å². The van der Waals surface area contributed by atoms with E-state index in [2.05, 4.69) is 27.0 Å². The number of rotatable bonds is 5. The van der Waals surface area contributed by atoms with Crippen LogP contribution in [0.5, 0.6) is 0 Å². The van der Waals surface area contributed by atoms with Gasteiger partial charge in [-0.25, -0.2) is 9.78 Å². The van der Waals surface area contributed by atoms with Gasteiger partial charge in [0, 0.05) is 38.9 Å². The van der Waals surface area contributed by atoms with E-state index >= 15 is 0 Å². The molecule has 0 atom stereocenters. The van der Waals surface area contributed by atoms with Crippen LogP contribution >= 0.6 is 0 Å². The highest BCUT2D eigenvalue weighted by Crippen LogP contribution is 2.09. The topological polar surface area (TPSA) is 75.6 Å². The van der Waals surface area contributed by atoms with Crippen molar-refractivity contribution in [3.05, 3.63) is 59.7 Å². The van der Waals surface area contributed by atoms with Gasteiger partial charge in [0.2, 0.25) is 0 Å². The van der Waals surface area contributed by atoms with E-state index in [9.17, 15) is 9.59 Å². The zero-order valence-corrected chi connectivity index (χ0v) is 14.8. The summed E-state index contributed by atoms with van der Waals surface area (Å²) in [5.74, 6) is -0.814. The predicted molar refractivity (Wildman–Crippen MR) is 95.4 cm³/mol. The molecule has 0 N–H and O–H groups in total. The molecule has 1 aliphatic rings. The van der Waals surface area contributed by atoms with Crippen LogP contribution in [0.15, 0.2) is 42.7 Å². The molecule has 0 radical (unpaired) electrons. The minimum atomic E-state index is -0.631. The van der Waals surface area contributed by atoms with E-state index in [0.717, 1.165) is 19.6 Å². The van der Waals surface area contributed by atoms with E-state index in [1.54, 1.807) is 11.8 Å². The molecule has 1 aromatic heterocycles. The second-order valence-corrected chi connectivity index (χ2v) is 6.26. The number of ether oxygens (including phenoxy) is 1. The minimum absolute atomic E-state index is 0.107. The molecule has 2 aromatic rings. The molecule has 0 bridgehead atoms. The summed E-state index contributed by atoms with van der Waals surface area (Å²) in [6.45, 7) is 5.26. The predicted octanol–water partition coefficient (Wildman–Crippen LogP) is 1.29. The Labute approximate surface area is 152 Å². The van der Waals surface area contributed by atoms with Gasteiger partial charge in [-0.05, 0) is 12.5 Å². The van der Waals surface area contributed by atoms with Crippen molar-refractivity contribution in [2.75, 3.05) is 32.8 Å². The second kappa shape index (κ2) is 8.53. The zero-order valence-electron chi connectivity index (χ0n) is 14.8. The van der Waals surface area contributed by atoms with Crippen molar-refractivity contribution in [1.29, 1.82) is 0 Å². The Kier molecular flexibility index (Phi) is 5.91. The molecular formula is C19H22N4O3. The van der Waals surface area contributed by atoms with Gasteiger partial charge in [-0.1, -0.05) is 30.3 Å². The standard InChI is InChI=1S/C19H22N4O3/c1-15-11-21-17(12-20-15)19(25)26-14-18(24)23-9-7-22(8-10-23)13-16-5-3-2-4-6-16/h2-6,11-12H,7-10,13-14H2,1H3. The van der Waals surface area contributed by atoms with Crippen molar-refractivity contribution in [3.8, 4) is 0 Å². The average Bonchev–Trinajstić information content (AvgIpc) is 2.68. The number of hydrogen-bond acceptors (Lipinski definition) is 6. The van der Waals surface area contributed by atoms with Gasteiger partial charge in [-0.2, -0.15) is 0 Å². The zero-order chi connectivity index (χ0) is 18.4. The molecule has 1 saturated heterocycles. The van der Waals surface area contributed by atoms with Gasteiger partial charge in [0.1, 0.15) is 0 Å². The Bertz CT molecular complexity index is 741. The number of aryl methyl sites for hydroxylation is 1. The molecule has 7 nitrogen and oxygen atoms in total. The number of benzene rings is 1. The summed E-state index contributed by atoms with van der Waals surface area (Å²) in [7, 11) is 0. The summed E-state index contributed by atoms with van der Waals surface area (Å²) in [5, 5.41) is 0. The number of piperazine rings is 1. The number of amides is 1. The van der Waals surface area contributed by atoms with Crippen molar-refractivity contribution in [2.24, 2.45) is 0 Å². The summed E-state index contributed by atoms with van der Waals surface area (Å²) in [5.41, 5.74) is 2.09. The third kappa shape index (κ3) is 4.86. The van der Waals surface area contributed by atoms with Crippen LogP contribution in [0.3, 0.4) is 0 Å². The first-order valence-corrected chi connectivity index (χ1v) is 8.61. The smallest absolute Gasteiger partial charge is 0.359 e. The molecule has 3 rings (SSSR count). The fourth-order valence-electron chi connectivity index (χ4n) is 2.79. The maximum atomic E-state index is 12.2. The van der Waals surface area contributed by atoms with Crippen molar-refractivity contribution in [3.63, 3.8) is 0 Å². The average molecular weight is 354 g/mol. The third-order valence-electron chi connectivity index (χ3n) is 4.29. The number of nitrogens with zero attached hydrogens (tertiary/aromatic N) is 4. The van der Waals surface area contributed by atoms with Crippen LogP contribution in [0.25, 0.3) is 0 Å². The van der Waals surface area contributed by atoms with E-state index in [4.69, 9.17) is 4.74 Å². The molecule has 1 aliphatic heterocycles. The maximum absolute atomic E-state index is 12.2. The van der Waals surface area contributed by atoms with Gasteiger partial charge in [-0.15, -0.1) is 0 Å². The van der Waals surface area contributed by atoms with Crippen LogP contribution in [0.4, 0.5) is 0 Å². The maximum Gasteiger partial charge on any atom is 0.359 e. The molecule has 0 unspecified atom stereocenters. The summed E-state index contributed by atoms with van der Waals surface area (Å²) in [6.07, 6.45) is 2.84. The van der Waals surface area contributed by atoms with Crippen LogP contribution in [-0.4, -0.2) is 64.4 Å². The van der Waals surface area contributed by atoms with Crippen molar-refractivity contribution in [2.45, 2.75) is 13.5 Å². The molecule has 2 heterocycles. The van der Waals surface area contributed by atoms with E-state index in [0.29, 0.717) is 18.8 Å².